The fourth-order valence-electron chi connectivity index (χ4n) is 2.53. The molecular weight excluding hydrogens is 401 g/mol. The first-order valence-corrected chi connectivity index (χ1v) is 9.23. The summed E-state index contributed by atoms with van der Waals surface area (Å²) in [6.45, 7) is 0.410. The van der Waals surface area contributed by atoms with E-state index < -0.39 is 0 Å². The Morgan fingerprint density at radius 1 is 0.926 bits per heavy atom. The van der Waals surface area contributed by atoms with E-state index in [0.717, 1.165) is 5.56 Å². The van der Waals surface area contributed by atoms with Crippen molar-refractivity contribution in [2.24, 2.45) is 0 Å². The van der Waals surface area contributed by atoms with Gasteiger partial charge in [0.05, 0.1) is 16.7 Å². The number of rotatable bonds is 5. The van der Waals surface area contributed by atoms with Crippen LogP contribution in [-0.2, 0) is 6.61 Å². The van der Waals surface area contributed by atoms with Gasteiger partial charge in [0.25, 0.3) is 0 Å². The fourth-order valence-corrected chi connectivity index (χ4v) is 3.22. The number of hydrogen-bond acceptors (Lipinski definition) is 2. The second-order valence-electron chi connectivity index (χ2n) is 5.75. The highest BCUT2D eigenvalue weighted by molar-refractivity contribution is 6.36. The van der Waals surface area contributed by atoms with Gasteiger partial charge in [-0.3, -0.25) is 0 Å². The number of ether oxygens (including phenoxy) is 1. The van der Waals surface area contributed by atoms with Crippen LogP contribution in [0.5, 0.6) is 5.75 Å². The van der Waals surface area contributed by atoms with E-state index in [1.165, 1.54) is 0 Å². The van der Waals surface area contributed by atoms with Crippen molar-refractivity contribution in [3.05, 3.63) is 98.5 Å². The van der Waals surface area contributed by atoms with E-state index in [0.29, 0.717) is 44.1 Å². The molecule has 0 aliphatic heterocycles. The molecule has 0 unspecified atom stereocenters. The maximum atomic E-state index is 9.62. The molecule has 3 aromatic rings. The Bertz CT molecular complexity index is 1020. The molecule has 5 heteroatoms. The van der Waals surface area contributed by atoms with Crippen LogP contribution in [0.4, 0.5) is 0 Å². The monoisotopic (exact) mass is 413 g/mol. The molecule has 0 fully saturated rings. The molecule has 0 atom stereocenters. The molecule has 2 nitrogen and oxygen atoms in total. The van der Waals surface area contributed by atoms with E-state index in [9.17, 15) is 5.26 Å². The summed E-state index contributed by atoms with van der Waals surface area (Å²) in [4.78, 5) is 0. The number of allylic oxidation sites excluding steroid dienone is 1. The van der Waals surface area contributed by atoms with Gasteiger partial charge in [-0.2, -0.15) is 5.26 Å². The van der Waals surface area contributed by atoms with Crippen molar-refractivity contribution in [3.63, 3.8) is 0 Å². The summed E-state index contributed by atoms with van der Waals surface area (Å²) in [7, 11) is 0. The zero-order valence-corrected chi connectivity index (χ0v) is 16.4. The van der Waals surface area contributed by atoms with Crippen LogP contribution in [0.15, 0.2) is 66.7 Å². The summed E-state index contributed by atoms with van der Waals surface area (Å²) in [5.74, 6) is 0.626. The highest BCUT2D eigenvalue weighted by atomic mass is 35.5. The fraction of sp³-hybridized carbons (Fsp3) is 0.0455. The minimum atomic E-state index is 0.392. The van der Waals surface area contributed by atoms with Crippen LogP contribution >= 0.6 is 34.8 Å². The van der Waals surface area contributed by atoms with Crippen molar-refractivity contribution in [3.8, 4) is 11.8 Å². The Balaban J connectivity index is 1.95. The van der Waals surface area contributed by atoms with Gasteiger partial charge >= 0.3 is 0 Å². The van der Waals surface area contributed by atoms with Crippen molar-refractivity contribution < 1.29 is 4.74 Å². The zero-order chi connectivity index (χ0) is 19.2. The van der Waals surface area contributed by atoms with E-state index in [2.05, 4.69) is 6.07 Å². The van der Waals surface area contributed by atoms with Gasteiger partial charge in [0.2, 0.25) is 0 Å². The lowest BCUT2D eigenvalue weighted by Gasteiger charge is -2.11. The molecule has 0 saturated heterocycles. The minimum Gasteiger partial charge on any atom is -0.488 e. The number of nitrogens with zero attached hydrogens (tertiary/aromatic N) is 1. The summed E-state index contributed by atoms with van der Waals surface area (Å²) >= 11 is 18.3. The maximum absolute atomic E-state index is 9.62. The average molecular weight is 415 g/mol. The van der Waals surface area contributed by atoms with E-state index >= 15 is 0 Å². The molecule has 3 rings (SSSR count). The SMILES string of the molecule is N#C/C(=C\c1cc(Cl)ccc1OCc1ccccc1)c1ccc(Cl)cc1Cl. The van der Waals surface area contributed by atoms with E-state index in [-0.39, 0.29) is 0 Å². The molecule has 0 N–H and O–H groups in total. The first kappa shape index (κ1) is 19.3. The quantitative estimate of drug-likeness (QED) is 0.324. The van der Waals surface area contributed by atoms with Crippen molar-refractivity contribution in [2.45, 2.75) is 6.61 Å². The first-order chi connectivity index (χ1) is 13.1. The van der Waals surface area contributed by atoms with Crippen molar-refractivity contribution >= 4 is 46.5 Å². The van der Waals surface area contributed by atoms with Gasteiger partial charge in [0, 0.05) is 21.2 Å². The molecule has 0 spiro atoms. The molecule has 0 bridgehead atoms. The van der Waals surface area contributed by atoms with Crippen LogP contribution in [0.2, 0.25) is 15.1 Å². The lowest BCUT2D eigenvalue weighted by atomic mass is 10.0. The molecule has 0 saturated carbocycles. The maximum Gasteiger partial charge on any atom is 0.127 e. The van der Waals surface area contributed by atoms with Gasteiger partial charge in [-0.15, -0.1) is 0 Å². The third kappa shape index (κ3) is 5.05. The molecule has 0 amide bonds. The average Bonchev–Trinajstić information content (AvgIpc) is 2.67. The first-order valence-electron chi connectivity index (χ1n) is 8.10. The Labute approximate surface area is 173 Å². The van der Waals surface area contributed by atoms with Crippen molar-refractivity contribution in [2.75, 3.05) is 0 Å². The lowest BCUT2D eigenvalue weighted by molar-refractivity contribution is 0.305. The number of benzene rings is 3. The Morgan fingerprint density at radius 2 is 1.63 bits per heavy atom. The van der Waals surface area contributed by atoms with Crippen LogP contribution in [0.1, 0.15) is 16.7 Å². The molecule has 3 aromatic carbocycles. The predicted molar refractivity (Wildman–Crippen MR) is 112 cm³/mol. The Morgan fingerprint density at radius 3 is 2.33 bits per heavy atom. The summed E-state index contributed by atoms with van der Waals surface area (Å²) in [5.41, 5.74) is 2.73. The van der Waals surface area contributed by atoms with Crippen molar-refractivity contribution in [1.82, 2.24) is 0 Å². The van der Waals surface area contributed by atoms with Crippen molar-refractivity contribution in [1.29, 1.82) is 5.26 Å². The number of hydrogen-bond donors (Lipinski definition) is 0. The smallest absolute Gasteiger partial charge is 0.127 e. The predicted octanol–water partition coefficient (Wildman–Crippen LogP) is 7.29. The highest BCUT2D eigenvalue weighted by Gasteiger charge is 2.10. The summed E-state index contributed by atoms with van der Waals surface area (Å²) in [6.07, 6.45) is 1.71. The second kappa shape index (κ2) is 8.97. The molecule has 0 aromatic heterocycles. The zero-order valence-electron chi connectivity index (χ0n) is 14.1. The standard InChI is InChI=1S/C22H14Cl3NO/c23-18-7-9-22(27-14-15-4-2-1-3-5-15)16(11-18)10-17(13-26)20-8-6-19(24)12-21(20)25/h1-12H,14H2/b17-10+. The van der Waals surface area contributed by atoms with Crippen LogP contribution in [0.3, 0.4) is 0 Å². The third-order valence-electron chi connectivity index (χ3n) is 3.85. The number of halogens is 3. The minimum absolute atomic E-state index is 0.392. The van der Waals surface area contributed by atoms with Gasteiger partial charge in [0.15, 0.2) is 0 Å². The van der Waals surface area contributed by atoms with Gasteiger partial charge < -0.3 is 4.74 Å². The van der Waals surface area contributed by atoms with E-state index in [4.69, 9.17) is 39.5 Å². The molecule has 0 heterocycles. The van der Waals surface area contributed by atoms with Crippen LogP contribution in [-0.4, -0.2) is 0 Å². The molecule has 27 heavy (non-hydrogen) atoms. The largest absolute Gasteiger partial charge is 0.488 e. The molecule has 0 aliphatic rings. The van der Waals surface area contributed by atoms with Crippen LogP contribution in [0.25, 0.3) is 11.6 Å². The molecular formula is C22H14Cl3NO. The topological polar surface area (TPSA) is 33.0 Å². The molecule has 134 valence electrons. The summed E-state index contributed by atoms with van der Waals surface area (Å²) in [5, 5.41) is 11.1. The summed E-state index contributed by atoms with van der Waals surface area (Å²) < 4.78 is 5.94. The molecule has 0 aliphatic carbocycles. The Hall–Kier alpha value is -2.44. The summed E-state index contributed by atoms with van der Waals surface area (Å²) in [6, 6.07) is 22.3. The lowest BCUT2D eigenvalue weighted by Crippen LogP contribution is -1.97. The van der Waals surface area contributed by atoms with Gasteiger partial charge in [-0.25, -0.2) is 0 Å². The van der Waals surface area contributed by atoms with E-state index in [1.807, 2.05) is 30.3 Å². The van der Waals surface area contributed by atoms with Crippen LogP contribution < -0.4 is 4.74 Å². The molecule has 0 radical (unpaired) electrons. The van der Waals surface area contributed by atoms with Gasteiger partial charge in [0.1, 0.15) is 12.4 Å². The second-order valence-corrected chi connectivity index (χ2v) is 7.03. The third-order valence-corrected chi connectivity index (χ3v) is 4.63. The van der Waals surface area contributed by atoms with E-state index in [1.54, 1.807) is 42.5 Å². The van der Waals surface area contributed by atoms with Gasteiger partial charge in [-0.1, -0.05) is 71.2 Å². The Kier molecular flexibility index (Phi) is 6.42. The normalized spacial score (nSPS) is 11.1. The highest BCUT2D eigenvalue weighted by Crippen LogP contribution is 2.31. The van der Waals surface area contributed by atoms with Crippen LogP contribution in [0, 0.1) is 11.3 Å². The van der Waals surface area contributed by atoms with Gasteiger partial charge in [-0.05, 0) is 42.0 Å². The number of nitriles is 1.